The van der Waals surface area contributed by atoms with E-state index in [4.69, 9.17) is 9.84 Å². The van der Waals surface area contributed by atoms with Gasteiger partial charge in [0.15, 0.2) is 6.10 Å². The fourth-order valence-electron chi connectivity index (χ4n) is 1.52. The molecule has 0 spiro atoms. The molecule has 0 aromatic heterocycles. The second-order valence-electron chi connectivity index (χ2n) is 5.29. The summed E-state index contributed by atoms with van der Waals surface area (Å²) >= 11 is 0. The number of aliphatic carboxylic acids is 1. The first-order valence-electron chi connectivity index (χ1n) is 5.96. The molecule has 0 aliphatic carbocycles. The van der Waals surface area contributed by atoms with Gasteiger partial charge in [0.25, 0.3) is 0 Å². The van der Waals surface area contributed by atoms with Crippen LogP contribution in [0.4, 0.5) is 0 Å². The molecule has 0 saturated heterocycles. The average molecular weight is 282 g/mol. The number of ether oxygens (including phenoxy) is 1. The average Bonchev–Trinajstić information content (AvgIpc) is 2.10. The van der Waals surface area contributed by atoms with Gasteiger partial charge in [0.2, 0.25) is 0 Å². The Balaban J connectivity index is 0. The second kappa shape index (κ2) is 9.16. The van der Waals surface area contributed by atoms with E-state index in [9.17, 15) is 9.59 Å². The second-order valence-corrected chi connectivity index (χ2v) is 5.29. The fourth-order valence-corrected chi connectivity index (χ4v) is 1.52. The third-order valence-corrected chi connectivity index (χ3v) is 2.19. The van der Waals surface area contributed by atoms with Crippen molar-refractivity contribution in [2.75, 3.05) is 27.7 Å². The van der Waals surface area contributed by atoms with Crippen molar-refractivity contribution in [2.45, 2.75) is 38.7 Å². The van der Waals surface area contributed by atoms with Gasteiger partial charge in [-0.05, 0) is 6.42 Å². The van der Waals surface area contributed by atoms with Gasteiger partial charge in [-0.2, -0.15) is 0 Å². The number of unbranched alkanes of at least 4 members (excludes halogenated alkanes) is 1. The minimum absolute atomic E-state index is 0. The topological polar surface area (TPSA) is 63.6 Å². The van der Waals surface area contributed by atoms with Crippen LogP contribution in [0.5, 0.6) is 0 Å². The van der Waals surface area contributed by atoms with E-state index >= 15 is 0 Å². The molecule has 1 N–H and O–H groups in total. The molecule has 108 valence electrons. The Bertz CT molecular complexity index is 263. The van der Waals surface area contributed by atoms with Gasteiger partial charge >= 0.3 is 11.9 Å². The molecule has 0 aromatic rings. The van der Waals surface area contributed by atoms with Crippen LogP contribution < -0.4 is 12.4 Å². The lowest BCUT2D eigenvalue weighted by atomic mass is 10.2. The molecule has 1 atom stereocenters. The third-order valence-electron chi connectivity index (χ3n) is 2.19. The smallest absolute Gasteiger partial charge is 0.307 e. The van der Waals surface area contributed by atoms with Gasteiger partial charge in [-0.15, -0.1) is 0 Å². The number of halogens is 1. The van der Waals surface area contributed by atoms with Crippen LogP contribution in [0.25, 0.3) is 0 Å². The quantitative estimate of drug-likeness (QED) is 0.424. The number of hydrogen-bond donors (Lipinski definition) is 1. The van der Waals surface area contributed by atoms with Crippen LogP contribution in [0.3, 0.4) is 0 Å². The van der Waals surface area contributed by atoms with Gasteiger partial charge in [-0.25, -0.2) is 0 Å². The molecule has 0 aromatic carbocycles. The zero-order valence-electron chi connectivity index (χ0n) is 11.6. The Kier molecular flexibility index (Phi) is 9.94. The number of esters is 1. The zero-order valence-corrected chi connectivity index (χ0v) is 12.4. The van der Waals surface area contributed by atoms with Crippen LogP contribution in [-0.2, 0) is 14.3 Å². The summed E-state index contributed by atoms with van der Waals surface area (Å²) in [5.74, 6) is -1.24. The number of likely N-dealkylation sites (N-methyl/N-ethyl adjacent to an activating group) is 1. The Morgan fingerprint density at radius 1 is 1.28 bits per heavy atom. The Labute approximate surface area is 115 Å². The molecule has 0 fully saturated rings. The summed E-state index contributed by atoms with van der Waals surface area (Å²) in [7, 11) is 5.82. The van der Waals surface area contributed by atoms with Crippen molar-refractivity contribution in [3.63, 3.8) is 0 Å². The number of quaternary nitrogens is 1. The number of nitrogens with zero attached hydrogens (tertiary/aromatic N) is 1. The Morgan fingerprint density at radius 3 is 2.22 bits per heavy atom. The van der Waals surface area contributed by atoms with Crippen molar-refractivity contribution in [3.8, 4) is 0 Å². The van der Waals surface area contributed by atoms with Crippen LogP contribution in [0.15, 0.2) is 0 Å². The molecule has 0 aliphatic rings. The summed E-state index contributed by atoms with van der Waals surface area (Å²) in [6.07, 6.45) is 1.39. The predicted octanol–water partition coefficient (Wildman–Crippen LogP) is -1.73. The molecule has 5 nitrogen and oxygen atoms in total. The van der Waals surface area contributed by atoms with E-state index < -0.39 is 12.1 Å². The van der Waals surface area contributed by atoms with E-state index in [0.717, 1.165) is 12.8 Å². The van der Waals surface area contributed by atoms with E-state index in [1.807, 2.05) is 28.1 Å². The molecule has 18 heavy (non-hydrogen) atoms. The molecule has 0 aliphatic heterocycles. The molecular formula is C12H24ClNO4. The summed E-state index contributed by atoms with van der Waals surface area (Å²) in [6.45, 7) is 2.50. The lowest BCUT2D eigenvalue weighted by molar-refractivity contribution is -0.873. The number of rotatable bonds is 8. The molecule has 0 amide bonds. The molecule has 0 bridgehead atoms. The van der Waals surface area contributed by atoms with Crippen molar-refractivity contribution < 1.29 is 36.3 Å². The van der Waals surface area contributed by atoms with E-state index in [1.165, 1.54) is 0 Å². The maximum absolute atomic E-state index is 11.5. The highest BCUT2D eigenvalue weighted by Gasteiger charge is 2.24. The molecule has 0 saturated carbocycles. The summed E-state index contributed by atoms with van der Waals surface area (Å²) in [6, 6.07) is 0. The monoisotopic (exact) mass is 281 g/mol. The Hall–Kier alpha value is -0.810. The highest BCUT2D eigenvalue weighted by atomic mass is 35.5. The largest absolute Gasteiger partial charge is 1.00 e. The van der Waals surface area contributed by atoms with Crippen LogP contribution in [0.1, 0.15) is 32.6 Å². The molecule has 6 heteroatoms. The lowest BCUT2D eigenvalue weighted by Crippen LogP contribution is -3.00. The highest BCUT2D eigenvalue weighted by molar-refractivity contribution is 5.71. The third kappa shape index (κ3) is 11.7. The fraction of sp³-hybridized carbons (Fsp3) is 0.833. The van der Waals surface area contributed by atoms with Crippen molar-refractivity contribution in [1.82, 2.24) is 0 Å². The molecular weight excluding hydrogens is 258 g/mol. The van der Waals surface area contributed by atoms with E-state index in [2.05, 4.69) is 0 Å². The summed E-state index contributed by atoms with van der Waals surface area (Å²) in [5.41, 5.74) is 0. The minimum atomic E-state index is -0.938. The van der Waals surface area contributed by atoms with Crippen LogP contribution in [-0.4, -0.2) is 55.3 Å². The molecule has 0 unspecified atom stereocenters. The summed E-state index contributed by atoms with van der Waals surface area (Å²) in [5, 5.41) is 8.77. The normalized spacial score (nSPS) is 12.4. The van der Waals surface area contributed by atoms with Crippen molar-refractivity contribution >= 4 is 11.9 Å². The van der Waals surface area contributed by atoms with E-state index in [1.54, 1.807) is 0 Å². The molecule has 0 rings (SSSR count). The standard InChI is InChI=1S/C12H23NO4.ClH/c1-5-6-7-12(16)17-10(8-11(14)15)9-13(2,3)4;/h10H,5-9H2,1-4H3;1H/t10-;/m0./s1. The highest BCUT2D eigenvalue weighted by Crippen LogP contribution is 2.07. The van der Waals surface area contributed by atoms with Gasteiger partial charge in [0, 0.05) is 6.42 Å². The molecule has 0 radical (unpaired) electrons. The summed E-state index contributed by atoms with van der Waals surface area (Å²) < 4.78 is 5.77. The van der Waals surface area contributed by atoms with Crippen molar-refractivity contribution in [2.24, 2.45) is 0 Å². The first-order valence-corrected chi connectivity index (χ1v) is 5.96. The first-order chi connectivity index (χ1) is 7.74. The number of carboxylic acids is 1. The maximum Gasteiger partial charge on any atom is 0.307 e. The summed E-state index contributed by atoms with van der Waals surface area (Å²) in [4.78, 5) is 22.2. The number of hydrogen-bond acceptors (Lipinski definition) is 3. The maximum atomic E-state index is 11.5. The number of carbonyl (C=O) groups is 2. The predicted molar refractivity (Wildman–Crippen MR) is 64.6 cm³/mol. The van der Waals surface area contributed by atoms with Gasteiger partial charge in [0.05, 0.1) is 27.6 Å². The van der Waals surface area contributed by atoms with Gasteiger partial charge < -0.3 is 26.7 Å². The van der Waals surface area contributed by atoms with Crippen LogP contribution in [0.2, 0.25) is 0 Å². The lowest BCUT2D eigenvalue weighted by Gasteiger charge is -2.28. The number of carbonyl (C=O) groups excluding carboxylic acids is 1. The minimum Gasteiger partial charge on any atom is -1.00 e. The van der Waals surface area contributed by atoms with Gasteiger partial charge in [-0.1, -0.05) is 13.3 Å². The SMILES string of the molecule is CCCCC(=O)O[C@@H](CC(=O)O)C[N+](C)(C)C.[Cl-]. The van der Waals surface area contributed by atoms with Crippen LogP contribution in [0, 0.1) is 0 Å². The van der Waals surface area contributed by atoms with Gasteiger partial charge in [0.1, 0.15) is 6.54 Å². The molecule has 0 heterocycles. The van der Waals surface area contributed by atoms with E-state index in [-0.39, 0.29) is 24.8 Å². The van der Waals surface area contributed by atoms with Crippen LogP contribution >= 0.6 is 0 Å². The van der Waals surface area contributed by atoms with Crippen molar-refractivity contribution in [1.29, 1.82) is 0 Å². The van der Waals surface area contributed by atoms with E-state index in [0.29, 0.717) is 17.4 Å². The number of carboxylic acid groups (broad SMARTS) is 1. The zero-order chi connectivity index (χ0) is 13.5. The Morgan fingerprint density at radius 2 is 1.83 bits per heavy atom. The van der Waals surface area contributed by atoms with Gasteiger partial charge in [-0.3, -0.25) is 9.59 Å². The first kappa shape index (κ1) is 19.5. The van der Waals surface area contributed by atoms with Crippen molar-refractivity contribution in [3.05, 3.63) is 0 Å².